The Labute approximate surface area is 113 Å². The van der Waals surface area contributed by atoms with Crippen LogP contribution in [0.25, 0.3) is 0 Å². The van der Waals surface area contributed by atoms with Crippen LogP contribution in [0.15, 0.2) is 24.4 Å². The summed E-state index contributed by atoms with van der Waals surface area (Å²) in [5.74, 6) is 2.37. The summed E-state index contributed by atoms with van der Waals surface area (Å²) < 4.78 is 0. The summed E-state index contributed by atoms with van der Waals surface area (Å²) >= 11 is 0. The molecule has 3 aliphatic carbocycles. The summed E-state index contributed by atoms with van der Waals surface area (Å²) in [5.41, 5.74) is 6.49. The zero-order valence-electron chi connectivity index (χ0n) is 11.0. The van der Waals surface area contributed by atoms with Crippen LogP contribution >= 0.6 is 0 Å². The summed E-state index contributed by atoms with van der Waals surface area (Å²) in [4.78, 5) is 10.4. The minimum absolute atomic E-state index is 0.0168. The van der Waals surface area contributed by atoms with E-state index < -0.39 is 0 Å². The average molecular weight is 260 g/mol. The first-order valence-corrected chi connectivity index (χ1v) is 7.24. The van der Waals surface area contributed by atoms with Crippen molar-refractivity contribution in [2.24, 2.45) is 11.8 Å². The third-order valence-corrected chi connectivity index (χ3v) is 4.90. The first kappa shape index (κ1) is 11.6. The molecule has 0 unspecified atom stereocenters. The minimum Gasteiger partial charge on any atom is -0.265 e. The van der Waals surface area contributed by atoms with Crippen molar-refractivity contribution in [2.45, 2.75) is 37.7 Å². The minimum atomic E-state index is 0.0168. The zero-order valence-corrected chi connectivity index (χ0v) is 11.0. The van der Waals surface area contributed by atoms with Crippen molar-refractivity contribution in [1.82, 2.24) is 15.7 Å². The fourth-order valence-electron chi connectivity index (χ4n) is 3.92. The summed E-state index contributed by atoms with van der Waals surface area (Å²) in [6.45, 7) is 0.911. The van der Waals surface area contributed by atoms with Gasteiger partial charge in [-0.2, -0.15) is 0 Å². The maximum Gasteiger partial charge on any atom is 0.143 e. The fourth-order valence-corrected chi connectivity index (χ4v) is 3.92. The van der Waals surface area contributed by atoms with Crippen molar-refractivity contribution in [3.8, 4) is 0 Å². The lowest BCUT2D eigenvalue weighted by atomic mass is 9.62. The van der Waals surface area contributed by atoms with Crippen LogP contribution in [0.5, 0.6) is 0 Å². The van der Waals surface area contributed by atoms with Gasteiger partial charge < -0.3 is 0 Å². The van der Waals surface area contributed by atoms with Crippen molar-refractivity contribution in [3.05, 3.63) is 24.4 Å². The molecule has 1 atom stereocenters. The summed E-state index contributed by atoms with van der Waals surface area (Å²) in [6.07, 6.45) is 8.41. The second kappa shape index (κ2) is 4.44. The van der Waals surface area contributed by atoms with Crippen molar-refractivity contribution >= 4 is 5.82 Å². The van der Waals surface area contributed by atoms with Crippen LogP contribution in [0.2, 0.25) is 0 Å². The van der Waals surface area contributed by atoms with Crippen molar-refractivity contribution in [1.29, 1.82) is 0 Å². The number of anilines is 1. The van der Waals surface area contributed by atoms with E-state index in [4.69, 9.17) is 4.84 Å². The molecule has 1 spiro atoms. The van der Waals surface area contributed by atoms with Gasteiger partial charge in [0.05, 0.1) is 0 Å². The molecule has 3 saturated carbocycles. The van der Waals surface area contributed by atoms with Crippen molar-refractivity contribution < 1.29 is 4.84 Å². The number of hydrogen-bond donors (Lipinski definition) is 2. The molecule has 102 valence electrons. The van der Waals surface area contributed by atoms with Gasteiger partial charge in [-0.3, -0.25) is 10.3 Å². The molecule has 2 bridgehead atoms. The maximum absolute atomic E-state index is 6.20. The molecule has 5 rings (SSSR count). The zero-order chi connectivity index (χ0) is 12.7. The van der Waals surface area contributed by atoms with Gasteiger partial charge in [-0.1, -0.05) is 6.07 Å². The van der Waals surface area contributed by atoms with Crippen molar-refractivity contribution in [2.75, 3.05) is 12.0 Å². The SMILES string of the molecule is c1ccc(NN2NC[C@]3(CC4CCC3CC4)O2)nc1. The number of rotatable bonds is 2. The molecule has 0 amide bonds. The number of hydrogen-bond acceptors (Lipinski definition) is 5. The lowest BCUT2D eigenvalue weighted by Crippen LogP contribution is -2.50. The summed E-state index contributed by atoms with van der Waals surface area (Å²) in [6, 6.07) is 5.80. The lowest BCUT2D eigenvalue weighted by Gasteiger charge is -2.47. The number of nitrogens with zero attached hydrogens (tertiary/aromatic N) is 2. The largest absolute Gasteiger partial charge is 0.265 e. The van der Waals surface area contributed by atoms with Gasteiger partial charge in [-0.25, -0.2) is 10.4 Å². The standard InChI is InChI=1S/C14H20N4O/c1-2-8-15-13(3-1)17-18-16-10-14(19-18)9-11-4-6-12(14)7-5-11/h1-3,8,11-12,16H,4-7,9-10H2,(H,15,17)/t11?,12?,14-/m0/s1. The van der Waals surface area contributed by atoms with E-state index in [1.165, 1.54) is 32.1 Å². The van der Waals surface area contributed by atoms with Gasteiger partial charge in [-0.15, -0.1) is 0 Å². The summed E-state index contributed by atoms with van der Waals surface area (Å²) in [5, 5.41) is 1.66. The Morgan fingerprint density at radius 2 is 2.21 bits per heavy atom. The van der Waals surface area contributed by atoms with Crippen LogP contribution in [0.3, 0.4) is 0 Å². The second-order valence-electron chi connectivity index (χ2n) is 6.03. The van der Waals surface area contributed by atoms with Gasteiger partial charge in [0.15, 0.2) is 0 Å². The predicted molar refractivity (Wildman–Crippen MR) is 71.6 cm³/mol. The second-order valence-corrected chi connectivity index (χ2v) is 6.03. The van der Waals surface area contributed by atoms with E-state index in [1.807, 2.05) is 18.2 Å². The van der Waals surface area contributed by atoms with E-state index in [1.54, 1.807) is 11.5 Å². The Morgan fingerprint density at radius 1 is 1.32 bits per heavy atom. The average Bonchev–Trinajstić information content (AvgIpc) is 2.84. The number of aromatic nitrogens is 1. The van der Waals surface area contributed by atoms with Gasteiger partial charge in [0.1, 0.15) is 11.4 Å². The van der Waals surface area contributed by atoms with E-state index in [0.717, 1.165) is 18.3 Å². The predicted octanol–water partition coefficient (Wildman–Crippen LogP) is 2.11. The number of nitrogens with one attached hydrogen (secondary N) is 2. The number of fused-ring (bicyclic) bond motifs is 2. The normalized spacial score (nSPS) is 37.9. The monoisotopic (exact) mass is 260 g/mol. The molecule has 1 saturated heterocycles. The van der Waals surface area contributed by atoms with E-state index in [2.05, 4.69) is 15.8 Å². The van der Waals surface area contributed by atoms with Gasteiger partial charge in [-0.05, 0) is 61.4 Å². The quantitative estimate of drug-likeness (QED) is 0.853. The first-order chi connectivity index (χ1) is 9.34. The van der Waals surface area contributed by atoms with E-state index in [-0.39, 0.29) is 5.60 Å². The molecule has 4 fully saturated rings. The molecule has 2 heterocycles. The molecule has 5 nitrogen and oxygen atoms in total. The fraction of sp³-hybridized carbons (Fsp3) is 0.643. The third kappa shape index (κ3) is 2.02. The van der Waals surface area contributed by atoms with E-state index in [0.29, 0.717) is 5.92 Å². The molecule has 1 aromatic heterocycles. The van der Waals surface area contributed by atoms with Crippen LogP contribution in [0.1, 0.15) is 32.1 Å². The molecule has 0 aromatic carbocycles. The van der Waals surface area contributed by atoms with Gasteiger partial charge in [0, 0.05) is 12.7 Å². The molecule has 5 heteroatoms. The molecule has 0 radical (unpaired) electrons. The van der Waals surface area contributed by atoms with Crippen LogP contribution in [0, 0.1) is 11.8 Å². The highest BCUT2D eigenvalue weighted by molar-refractivity contribution is 5.31. The Bertz CT molecular complexity index is 446. The summed E-state index contributed by atoms with van der Waals surface area (Å²) in [7, 11) is 0. The third-order valence-electron chi connectivity index (χ3n) is 4.90. The van der Waals surface area contributed by atoms with Crippen LogP contribution < -0.4 is 10.9 Å². The number of hydrazine groups is 2. The van der Waals surface area contributed by atoms with E-state index in [9.17, 15) is 0 Å². The molecular weight excluding hydrogens is 240 g/mol. The van der Waals surface area contributed by atoms with Crippen LogP contribution in [-0.4, -0.2) is 22.4 Å². The Kier molecular flexibility index (Phi) is 2.72. The van der Waals surface area contributed by atoms with Gasteiger partial charge in [0.2, 0.25) is 0 Å². The topological polar surface area (TPSA) is 49.4 Å². The molecule has 2 N–H and O–H groups in total. The highest BCUT2D eigenvalue weighted by Gasteiger charge is 2.52. The van der Waals surface area contributed by atoms with Crippen LogP contribution in [0.4, 0.5) is 5.82 Å². The Balaban J connectivity index is 1.45. The Hall–Kier alpha value is -1.17. The highest BCUT2D eigenvalue weighted by atomic mass is 16.8. The van der Waals surface area contributed by atoms with Crippen LogP contribution in [-0.2, 0) is 4.84 Å². The maximum atomic E-state index is 6.20. The van der Waals surface area contributed by atoms with Gasteiger partial charge in [0.25, 0.3) is 0 Å². The smallest absolute Gasteiger partial charge is 0.143 e. The lowest BCUT2D eigenvalue weighted by molar-refractivity contribution is -0.235. The Morgan fingerprint density at radius 3 is 2.89 bits per heavy atom. The molecule has 4 aliphatic rings. The molecule has 1 aromatic rings. The molecular formula is C14H20N4O. The molecule has 19 heavy (non-hydrogen) atoms. The molecule has 1 aliphatic heterocycles. The van der Waals surface area contributed by atoms with E-state index >= 15 is 0 Å². The van der Waals surface area contributed by atoms with Gasteiger partial charge >= 0.3 is 0 Å². The highest BCUT2D eigenvalue weighted by Crippen LogP contribution is 2.50. The number of pyridine rings is 1. The first-order valence-electron chi connectivity index (χ1n) is 7.24. The van der Waals surface area contributed by atoms with Crippen molar-refractivity contribution in [3.63, 3.8) is 0 Å².